The second-order valence-electron chi connectivity index (χ2n) is 9.76. The van der Waals surface area contributed by atoms with Crippen LogP contribution in [0.1, 0.15) is 49.4 Å². The number of pyridine rings is 1. The maximum atomic E-state index is 13.4. The van der Waals surface area contributed by atoms with Crippen molar-refractivity contribution in [2.24, 2.45) is 0 Å². The smallest absolute Gasteiger partial charge is 0.309 e. The number of aryl methyl sites for hydroxylation is 1. The first-order valence-electron chi connectivity index (χ1n) is 12.3. The topological polar surface area (TPSA) is 76.2 Å². The van der Waals surface area contributed by atoms with Gasteiger partial charge in [0.15, 0.2) is 0 Å². The van der Waals surface area contributed by atoms with Gasteiger partial charge in [-0.2, -0.15) is 9.78 Å². The highest BCUT2D eigenvalue weighted by Gasteiger charge is 2.26. The first kappa shape index (κ1) is 25.8. The van der Waals surface area contributed by atoms with Crippen molar-refractivity contribution in [1.82, 2.24) is 20.1 Å². The molecule has 188 valence electrons. The van der Waals surface area contributed by atoms with Gasteiger partial charge in [-0.15, -0.1) is 0 Å². The van der Waals surface area contributed by atoms with Gasteiger partial charge in [0, 0.05) is 43.9 Å². The Kier molecular flexibility index (Phi) is 7.80. The number of benzene rings is 2. The minimum Gasteiger partial charge on any atom is -0.309 e. The van der Waals surface area contributed by atoms with Crippen LogP contribution in [0.5, 0.6) is 0 Å². The fraction of sp³-hybridized carbons (Fsp3) is 0.267. The van der Waals surface area contributed by atoms with E-state index in [1.54, 1.807) is 23.1 Å². The average Bonchev–Trinajstić information content (AvgIpc) is 3.42. The summed E-state index contributed by atoms with van der Waals surface area (Å²) in [5.74, 6) is 0.539. The summed E-state index contributed by atoms with van der Waals surface area (Å²) in [4.78, 5) is 21.4. The van der Waals surface area contributed by atoms with E-state index in [0.717, 1.165) is 16.7 Å². The van der Waals surface area contributed by atoms with E-state index in [1.807, 2.05) is 56.4 Å². The Hall–Kier alpha value is -4.28. The molecule has 2 atom stereocenters. The first-order valence-corrected chi connectivity index (χ1v) is 12.3. The lowest BCUT2D eigenvalue weighted by Crippen LogP contribution is -2.35. The minimum absolute atomic E-state index is 0.172. The van der Waals surface area contributed by atoms with E-state index in [-0.39, 0.29) is 11.8 Å². The Morgan fingerprint density at radius 1 is 1.00 bits per heavy atom. The van der Waals surface area contributed by atoms with E-state index in [0.29, 0.717) is 12.4 Å². The highest BCUT2D eigenvalue weighted by molar-refractivity contribution is 5.95. The molecule has 0 saturated carbocycles. The molecular weight excluding hydrogens is 460 g/mol. The zero-order chi connectivity index (χ0) is 26.4. The number of hydrogen-bond acceptors (Lipinski definition) is 4. The van der Waals surface area contributed by atoms with Crippen molar-refractivity contribution in [3.63, 3.8) is 0 Å². The van der Waals surface area contributed by atoms with Crippen LogP contribution in [0.15, 0.2) is 85.3 Å². The van der Waals surface area contributed by atoms with Gasteiger partial charge in [0.25, 0.3) is 0 Å². The number of amides is 1. The summed E-state index contributed by atoms with van der Waals surface area (Å²) >= 11 is 0. The third-order valence-electron chi connectivity index (χ3n) is 6.43. The second-order valence-corrected chi connectivity index (χ2v) is 9.76. The molecule has 7 heteroatoms. The summed E-state index contributed by atoms with van der Waals surface area (Å²) < 4.78 is 1.64. The lowest BCUT2D eigenvalue weighted by atomic mass is 9.98. The highest BCUT2D eigenvalue weighted by Crippen LogP contribution is 2.24. The molecule has 0 unspecified atom stereocenters. The largest absolute Gasteiger partial charge is 0.319 e. The molecule has 4 rings (SSSR count). The van der Waals surface area contributed by atoms with Crippen molar-refractivity contribution in [1.29, 1.82) is 0 Å². The van der Waals surface area contributed by atoms with Gasteiger partial charge in [-0.1, -0.05) is 67.1 Å². The van der Waals surface area contributed by atoms with Crippen molar-refractivity contribution < 1.29 is 4.79 Å². The van der Waals surface area contributed by atoms with Gasteiger partial charge in [-0.25, -0.2) is 11.6 Å². The van der Waals surface area contributed by atoms with Crippen LogP contribution < -0.4 is 10.6 Å². The predicted molar refractivity (Wildman–Crippen MR) is 147 cm³/mol. The minimum atomic E-state index is -0.754. The monoisotopic (exact) mass is 492 g/mol. The number of carbonyl (C=O) groups is 1. The molecular formula is C30H32N6O. The molecule has 0 bridgehead atoms. The Labute approximate surface area is 218 Å². The summed E-state index contributed by atoms with van der Waals surface area (Å²) in [6.45, 7) is 15.9. The van der Waals surface area contributed by atoms with Crippen LogP contribution in [0, 0.1) is 13.5 Å². The molecule has 2 N–H and O–H groups in total. The molecule has 0 aliphatic heterocycles. The van der Waals surface area contributed by atoms with Crippen molar-refractivity contribution in [2.45, 2.75) is 45.3 Å². The fourth-order valence-corrected chi connectivity index (χ4v) is 3.97. The molecule has 7 nitrogen and oxygen atoms in total. The van der Waals surface area contributed by atoms with Gasteiger partial charge < -0.3 is 10.6 Å². The number of rotatable bonds is 9. The Morgan fingerprint density at radius 3 is 2.38 bits per heavy atom. The lowest BCUT2D eigenvalue weighted by molar-refractivity contribution is -0.118. The third-order valence-corrected chi connectivity index (χ3v) is 6.43. The van der Waals surface area contributed by atoms with Crippen LogP contribution in [0.25, 0.3) is 16.0 Å². The summed E-state index contributed by atoms with van der Waals surface area (Å²) in [6.07, 6.45) is 5.25. The molecule has 1 amide bonds. The maximum Gasteiger partial charge on any atom is 0.319 e. The van der Waals surface area contributed by atoms with Gasteiger partial charge in [-0.3, -0.25) is 9.64 Å². The van der Waals surface area contributed by atoms with Crippen LogP contribution in [0.4, 0.5) is 5.82 Å². The molecule has 37 heavy (non-hydrogen) atoms. The van der Waals surface area contributed by atoms with E-state index in [2.05, 4.69) is 63.7 Å². The van der Waals surface area contributed by atoms with E-state index < -0.39 is 11.7 Å². The zero-order valence-electron chi connectivity index (χ0n) is 21.6. The number of carbonyl (C=O) groups excluding carboxylic acids is 1. The quantitative estimate of drug-likeness (QED) is 0.284. The first-order chi connectivity index (χ1) is 17.8. The number of nitrogens with one attached hydrogen (secondary N) is 2. The number of aromatic nitrogens is 3. The molecule has 2 aromatic carbocycles. The van der Waals surface area contributed by atoms with Crippen molar-refractivity contribution in [3.8, 4) is 11.1 Å². The Morgan fingerprint density at radius 2 is 1.73 bits per heavy atom. The summed E-state index contributed by atoms with van der Waals surface area (Å²) in [5, 5.41) is 10.7. The van der Waals surface area contributed by atoms with Gasteiger partial charge in [0.05, 0.1) is 6.20 Å². The molecule has 0 radical (unpaired) electrons. The van der Waals surface area contributed by atoms with Crippen molar-refractivity contribution >= 4 is 11.7 Å². The molecule has 0 aliphatic carbocycles. The SMILES string of the molecule is [C-]#[N+]C(C)(C)n1cc(-c2ccc(NC(=O)[C@@H](NC[C@H](C)c3ccc(C)cc3)c3ccccc3)nc2)cn1. The van der Waals surface area contributed by atoms with Crippen molar-refractivity contribution in [2.75, 3.05) is 11.9 Å². The Bertz CT molecular complexity index is 1370. The van der Waals surface area contributed by atoms with E-state index >= 15 is 0 Å². The number of anilines is 1. The van der Waals surface area contributed by atoms with Crippen LogP contribution in [0.3, 0.4) is 0 Å². The third kappa shape index (κ3) is 6.29. The van der Waals surface area contributed by atoms with E-state index in [4.69, 9.17) is 6.57 Å². The summed E-state index contributed by atoms with van der Waals surface area (Å²) in [6, 6.07) is 21.3. The number of nitrogens with zero attached hydrogens (tertiary/aromatic N) is 4. The molecule has 2 heterocycles. The summed E-state index contributed by atoms with van der Waals surface area (Å²) in [5.41, 5.74) is 4.31. The Balaban J connectivity index is 1.46. The van der Waals surface area contributed by atoms with Gasteiger partial charge in [0.1, 0.15) is 11.9 Å². The molecule has 2 aromatic heterocycles. The highest BCUT2D eigenvalue weighted by atomic mass is 16.2. The van der Waals surface area contributed by atoms with Crippen LogP contribution >= 0.6 is 0 Å². The molecule has 0 saturated heterocycles. The zero-order valence-corrected chi connectivity index (χ0v) is 21.6. The standard InChI is InChI=1S/C30H32N6O/c1-21-11-13-23(14-12-21)22(2)17-33-28(24-9-7-6-8-10-24)29(37)35-27-16-15-25(18-32-27)26-19-34-36(20-26)30(3,4)31-5/h6-16,18-20,22,28,33H,17H2,1-4H3,(H,32,35,37)/t22-,28-/m0/s1. The molecule has 0 fully saturated rings. The summed E-state index contributed by atoms with van der Waals surface area (Å²) in [7, 11) is 0. The number of hydrogen-bond donors (Lipinski definition) is 2. The van der Waals surface area contributed by atoms with Gasteiger partial charge in [-0.05, 0) is 36.1 Å². The van der Waals surface area contributed by atoms with E-state index in [9.17, 15) is 4.79 Å². The van der Waals surface area contributed by atoms with Gasteiger partial charge in [0.2, 0.25) is 5.91 Å². The second kappa shape index (κ2) is 11.2. The average molecular weight is 493 g/mol. The van der Waals surface area contributed by atoms with E-state index in [1.165, 1.54) is 11.1 Å². The molecule has 0 aliphatic rings. The maximum absolute atomic E-state index is 13.4. The van der Waals surface area contributed by atoms with Crippen LogP contribution in [-0.4, -0.2) is 27.2 Å². The molecule has 4 aromatic rings. The predicted octanol–water partition coefficient (Wildman–Crippen LogP) is 5.94. The fourth-order valence-electron chi connectivity index (χ4n) is 3.97. The van der Waals surface area contributed by atoms with Gasteiger partial charge >= 0.3 is 5.66 Å². The normalized spacial score (nSPS) is 12.9. The van der Waals surface area contributed by atoms with Crippen LogP contribution in [0.2, 0.25) is 0 Å². The molecule has 0 spiro atoms. The van der Waals surface area contributed by atoms with Crippen LogP contribution in [-0.2, 0) is 10.5 Å². The lowest BCUT2D eigenvalue weighted by Gasteiger charge is -2.21. The van der Waals surface area contributed by atoms with Crippen molar-refractivity contribution in [3.05, 3.63) is 113 Å².